The van der Waals surface area contributed by atoms with Crippen molar-refractivity contribution in [3.05, 3.63) is 23.8 Å². The highest BCUT2D eigenvalue weighted by Gasteiger charge is 2.33. The normalized spacial score (nSPS) is 19.0. The molecule has 1 saturated heterocycles. The molecule has 1 aromatic carbocycles. The predicted molar refractivity (Wildman–Crippen MR) is 92.3 cm³/mol. The van der Waals surface area contributed by atoms with Gasteiger partial charge < -0.3 is 14.4 Å². The lowest BCUT2D eigenvalue weighted by molar-refractivity contribution is -0.132. The van der Waals surface area contributed by atoms with Gasteiger partial charge in [0.25, 0.3) is 0 Å². The summed E-state index contributed by atoms with van der Waals surface area (Å²) in [5.74, 6) is 1.55. The van der Waals surface area contributed by atoms with Gasteiger partial charge in [0.15, 0.2) is 21.3 Å². The maximum atomic E-state index is 12.5. The third kappa shape index (κ3) is 4.41. The zero-order chi connectivity index (χ0) is 17.7. The van der Waals surface area contributed by atoms with E-state index < -0.39 is 9.84 Å². The fourth-order valence-corrected chi connectivity index (χ4v) is 4.82. The first-order chi connectivity index (χ1) is 11.4. The summed E-state index contributed by atoms with van der Waals surface area (Å²) >= 11 is 0. The first-order valence-corrected chi connectivity index (χ1v) is 9.93. The summed E-state index contributed by atoms with van der Waals surface area (Å²) in [7, 11) is 0.163. The molecular formula is C17H25NO5S. The number of sulfone groups is 1. The van der Waals surface area contributed by atoms with Crippen molar-refractivity contribution in [1.29, 1.82) is 0 Å². The first kappa shape index (κ1) is 18.6. The highest BCUT2D eigenvalue weighted by Crippen LogP contribution is 2.28. The monoisotopic (exact) mass is 355 g/mol. The SMILES string of the molecule is CCN(C(=O)CCc1ccc(OC)c(OC)c1)C1CCS(=O)(=O)C1. The van der Waals surface area contributed by atoms with Crippen molar-refractivity contribution in [3.8, 4) is 11.5 Å². The quantitative estimate of drug-likeness (QED) is 0.744. The van der Waals surface area contributed by atoms with E-state index in [0.29, 0.717) is 37.3 Å². The van der Waals surface area contributed by atoms with Gasteiger partial charge in [0, 0.05) is 19.0 Å². The molecule has 2 rings (SSSR count). The third-order valence-corrected chi connectivity index (χ3v) is 6.14. The van der Waals surface area contributed by atoms with Crippen LogP contribution in [0.1, 0.15) is 25.3 Å². The Bertz CT molecular complexity index is 686. The van der Waals surface area contributed by atoms with E-state index >= 15 is 0 Å². The van der Waals surface area contributed by atoms with Gasteiger partial charge in [-0.1, -0.05) is 6.07 Å². The Morgan fingerprint density at radius 1 is 1.25 bits per heavy atom. The molecule has 24 heavy (non-hydrogen) atoms. The lowest BCUT2D eigenvalue weighted by atomic mass is 10.1. The summed E-state index contributed by atoms with van der Waals surface area (Å²) in [6.45, 7) is 2.42. The lowest BCUT2D eigenvalue weighted by Crippen LogP contribution is -2.41. The summed E-state index contributed by atoms with van der Waals surface area (Å²) in [4.78, 5) is 14.2. The Labute approximate surface area is 143 Å². The number of benzene rings is 1. The molecule has 1 heterocycles. The van der Waals surface area contributed by atoms with E-state index in [0.717, 1.165) is 5.56 Å². The van der Waals surface area contributed by atoms with Crippen LogP contribution >= 0.6 is 0 Å². The average molecular weight is 355 g/mol. The zero-order valence-corrected chi connectivity index (χ0v) is 15.3. The minimum Gasteiger partial charge on any atom is -0.493 e. The Kier molecular flexibility index (Phi) is 6.10. The Morgan fingerprint density at radius 3 is 2.50 bits per heavy atom. The van der Waals surface area contributed by atoms with Crippen LogP contribution in [0.4, 0.5) is 0 Å². The summed E-state index contributed by atoms with van der Waals surface area (Å²) in [5.41, 5.74) is 0.982. The Hall–Kier alpha value is -1.76. The summed E-state index contributed by atoms with van der Waals surface area (Å²) < 4.78 is 33.7. The standard InChI is InChI=1S/C17H25NO5S/c1-4-18(14-9-10-24(20,21)12-14)17(19)8-6-13-5-7-15(22-2)16(11-13)23-3/h5,7,11,14H,4,6,8-10,12H2,1-3H3. The molecular weight excluding hydrogens is 330 g/mol. The van der Waals surface area contributed by atoms with Gasteiger partial charge in [0.2, 0.25) is 5.91 Å². The van der Waals surface area contributed by atoms with Crippen LogP contribution in [0.2, 0.25) is 0 Å². The molecule has 1 unspecified atom stereocenters. The molecule has 0 radical (unpaired) electrons. The molecule has 0 N–H and O–H groups in total. The molecule has 1 aliphatic heterocycles. The maximum Gasteiger partial charge on any atom is 0.223 e. The van der Waals surface area contributed by atoms with Crippen LogP contribution < -0.4 is 9.47 Å². The number of nitrogens with zero attached hydrogens (tertiary/aromatic N) is 1. The molecule has 0 saturated carbocycles. The van der Waals surface area contributed by atoms with E-state index in [-0.39, 0.29) is 23.5 Å². The second kappa shape index (κ2) is 7.88. The zero-order valence-electron chi connectivity index (χ0n) is 14.4. The van der Waals surface area contributed by atoms with Crippen LogP contribution in [0.3, 0.4) is 0 Å². The predicted octanol–water partition coefficient (Wildman–Crippen LogP) is 1.67. The molecule has 0 aliphatic carbocycles. The van der Waals surface area contributed by atoms with Crippen LogP contribution in [0, 0.1) is 0 Å². The molecule has 1 aromatic rings. The van der Waals surface area contributed by atoms with Crippen molar-refractivity contribution in [2.45, 2.75) is 32.2 Å². The van der Waals surface area contributed by atoms with E-state index in [4.69, 9.17) is 9.47 Å². The van der Waals surface area contributed by atoms with Gasteiger partial charge in [0.05, 0.1) is 25.7 Å². The molecule has 7 heteroatoms. The largest absolute Gasteiger partial charge is 0.493 e. The van der Waals surface area contributed by atoms with Gasteiger partial charge in [-0.3, -0.25) is 4.79 Å². The smallest absolute Gasteiger partial charge is 0.223 e. The summed E-state index contributed by atoms with van der Waals surface area (Å²) in [6.07, 6.45) is 1.47. The number of carbonyl (C=O) groups excluding carboxylic acids is 1. The number of carbonyl (C=O) groups is 1. The average Bonchev–Trinajstić information content (AvgIpc) is 2.92. The second-order valence-corrected chi connectivity index (χ2v) is 8.15. The fourth-order valence-electron chi connectivity index (χ4n) is 3.09. The number of rotatable bonds is 7. The van der Waals surface area contributed by atoms with Crippen LogP contribution in [-0.2, 0) is 21.1 Å². The van der Waals surface area contributed by atoms with E-state index in [1.165, 1.54) is 0 Å². The molecule has 1 amide bonds. The van der Waals surface area contributed by atoms with Gasteiger partial charge in [-0.15, -0.1) is 0 Å². The highest BCUT2D eigenvalue weighted by molar-refractivity contribution is 7.91. The minimum atomic E-state index is -2.99. The van der Waals surface area contributed by atoms with E-state index in [9.17, 15) is 13.2 Å². The van der Waals surface area contributed by atoms with Crippen molar-refractivity contribution in [2.24, 2.45) is 0 Å². The summed E-state index contributed by atoms with van der Waals surface area (Å²) in [6, 6.07) is 5.41. The summed E-state index contributed by atoms with van der Waals surface area (Å²) in [5, 5.41) is 0. The first-order valence-electron chi connectivity index (χ1n) is 8.11. The number of aryl methyl sites for hydroxylation is 1. The molecule has 6 nitrogen and oxygen atoms in total. The number of methoxy groups -OCH3 is 2. The van der Waals surface area contributed by atoms with Crippen molar-refractivity contribution in [3.63, 3.8) is 0 Å². The fraction of sp³-hybridized carbons (Fsp3) is 0.588. The van der Waals surface area contributed by atoms with E-state index in [1.807, 2.05) is 25.1 Å². The van der Waals surface area contributed by atoms with Crippen LogP contribution in [-0.4, -0.2) is 57.5 Å². The van der Waals surface area contributed by atoms with Crippen LogP contribution in [0.15, 0.2) is 18.2 Å². The maximum absolute atomic E-state index is 12.5. The third-order valence-electron chi connectivity index (χ3n) is 4.39. The lowest BCUT2D eigenvalue weighted by Gasteiger charge is -2.27. The van der Waals surface area contributed by atoms with Gasteiger partial charge in [-0.25, -0.2) is 8.42 Å². The molecule has 1 fully saturated rings. The highest BCUT2D eigenvalue weighted by atomic mass is 32.2. The second-order valence-electron chi connectivity index (χ2n) is 5.93. The molecule has 0 spiro atoms. The van der Waals surface area contributed by atoms with Gasteiger partial charge in [-0.2, -0.15) is 0 Å². The van der Waals surface area contributed by atoms with Crippen LogP contribution in [0.25, 0.3) is 0 Å². The molecule has 1 aliphatic rings. The Morgan fingerprint density at radius 2 is 1.96 bits per heavy atom. The van der Waals surface area contributed by atoms with Crippen LogP contribution in [0.5, 0.6) is 11.5 Å². The van der Waals surface area contributed by atoms with E-state index in [1.54, 1.807) is 19.1 Å². The van der Waals surface area contributed by atoms with Gasteiger partial charge >= 0.3 is 0 Å². The number of ether oxygens (including phenoxy) is 2. The van der Waals surface area contributed by atoms with Gasteiger partial charge in [0.1, 0.15) is 0 Å². The number of hydrogen-bond acceptors (Lipinski definition) is 5. The van der Waals surface area contributed by atoms with Crippen molar-refractivity contribution < 1.29 is 22.7 Å². The van der Waals surface area contributed by atoms with Crippen molar-refractivity contribution >= 4 is 15.7 Å². The number of amides is 1. The Balaban J connectivity index is 1.99. The minimum absolute atomic E-state index is 0.00520. The molecule has 134 valence electrons. The number of hydrogen-bond donors (Lipinski definition) is 0. The molecule has 0 bridgehead atoms. The molecule has 1 atom stereocenters. The van der Waals surface area contributed by atoms with Gasteiger partial charge in [-0.05, 0) is 37.5 Å². The van der Waals surface area contributed by atoms with E-state index in [2.05, 4.69) is 0 Å². The van der Waals surface area contributed by atoms with Crippen molar-refractivity contribution in [2.75, 3.05) is 32.3 Å². The molecule has 0 aromatic heterocycles. The van der Waals surface area contributed by atoms with Crippen molar-refractivity contribution in [1.82, 2.24) is 4.90 Å². The topological polar surface area (TPSA) is 72.9 Å².